The summed E-state index contributed by atoms with van der Waals surface area (Å²) in [6, 6.07) is 17.0. The first-order valence-electron chi connectivity index (χ1n) is 7.40. The van der Waals surface area contributed by atoms with Crippen molar-refractivity contribution in [1.82, 2.24) is 30.1 Å². The van der Waals surface area contributed by atoms with Crippen LogP contribution in [0.25, 0.3) is 34.3 Å². The van der Waals surface area contributed by atoms with Crippen molar-refractivity contribution in [2.45, 2.75) is 0 Å². The van der Waals surface area contributed by atoms with E-state index in [1.165, 1.54) is 0 Å². The first kappa shape index (κ1) is 14.1. The molecule has 0 spiro atoms. The van der Waals surface area contributed by atoms with Crippen LogP contribution in [-0.4, -0.2) is 30.1 Å². The molecule has 24 heavy (non-hydrogen) atoms. The Hall–Kier alpha value is -3.54. The summed E-state index contributed by atoms with van der Waals surface area (Å²) in [5.41, 5.74) is 3.61. The number of aromatic nitrogens is 6. The van der Waals surface area contributed by atoms with Gasteiger partial charge in [-0.3, -0.25) is 9.97 Å². The van der Waals surface area contributed by atoms with E-state index in [-0.39, 0.29) is 0 Å². The maximum atomic E-state index is 4.60. The zero-order valence-electron chi connectivity index (χ0n) is 12.6. The fourth-order valence-corrected chi connectivity index (χ4v) is 2.27. The lowest BCUT2D eigenvalue weighted by Crippen LogP contribution is -1.98. The van der Waals surface area contributed by atoms with Crippen molar-refractivity contribution in [3.63, 3.8) is 0 Å². The van der Waals surface area contributed by atoms with Crippen molar-refractivity contribution < 1.29 is 0 Å². The molecule has 6 nitrogen and oxygen atoms in total. The summed E-state index contributed by atoms with van der Waals surface area (Å²) in [7, 11) is 0. The molecule has 4 rings (SSSR count). The Labute approximate surface area is 138 Å². The smallest absolute Gasteiger partial charge is 0.201 e. The summed E-state index contributed by atoms with van der Waals surface area (Å²) in [6.45, 7) is 0. The van der Waals surface area contributed by atoms with Crippen molar-refractivity contribution in [1.29, 1.82) is 0 Å². The van der Waals surface area contributed by atoms with Gasteiger partial charge in [0.25, 0.3) is 0 Å². The van der Waals surface area contributed by atoms with Gasteiger partial charge in [0.05, 0.1) is 23.3 Å². The molecule has 0 aliphatic carbocycles. The minimum atomic E-state index is 0.455. The molecule has 114 valence electrons. The van der Waals surface area contributed by atoms with Gasteiger partial charge in [-0.05, 0) is 36.4 Å². The lowest BCUT2D eigenvalue weighted by molar-refractivity contribution is 0.971. The van der Waals surface area contributed by atoms with Crippen LogP contribution < -0.4 is 0 Å². The molecule has 4 aromatic rings. The summed E-state index contributed by atoms with van der Waals surface area (Å²) in [5, 5.41) is 8.13. The average molecular weight is 312 g/mol. The van der Waals surface area contributed by atoms with Gasteiger partial charge in [0, 0.05) is 12.4 Å². The summed E-state index contributed by atoms with van der Waals surface area (Å²) in [5.74, 6) is 0.455. The van der Waals surface area contributed by atoms with Gasteiger partial charge in [-0.25, -0.2) is 9.97 Å². The minimum absolute atomic E-state index is 0.455. The molecule has 0 fully saturated rings. The molecule has 0 aliphatic heterocycles. The predicted molar refractivity (Wildman–Crippen MR) is 89.5 cm³/mol. The number of hydrogen-bond acceptors (Lipinski definition) is 6. The van der Waals surface area contributed by atoms with E-state index in [2.05, 4.69) is 30.1 Å². The van der Waals surface area contributed by atoms with Gasteiger partial charge in [-0.2, -0.15) is 5.10 Å². The number of rotatable bonds is 3. The first-order chi connectivity index (χ1) is 11.9. The highest BCUT2D eigenvalue weighted by Crippen LogP contribution is 2.20. The maximum Gasteiger partial charge on any atom is 0.201 e. The van der Waals surface area contributed by atoms with Crippen molar-refractivity contribution >= 4 is 0 Å². The normalized spacial score (nSPS) is 10.5. The molecule has 0 saturated heterocycles. The molecule has 0 atom stereocenters. The lowest BCUT2D eigenvalue weighted by atomic mass is 10.2. The quantitative estimate of drug-likeness (QED) is 0.578. The van der Waals surface area contributed by atoms with Gasteiger partial charge in [-0.15, -0.1) is 5.10 Å². The molecule has 0 unspecified atom stereocenters. The minimum Gasteiger partial charge on any atom is -0.255 e. The largest absolute Gasteiger partial charge is 0.255 e. The number of hydrogen-bond donors (Lipinski definition) is 0. The Kier molecular flexibility index (Phi) is 3.69. The van der Waals surface area contributed by atoms with Gasteiger partial charge < -0.3 is 0 Å². The summed E-state index contributed by atoms with van der Waals surface area (Å²) >= 11 is 0. The predicted octanol–water partition coefficient (Wildman–Crippen LogP) is 3.06. The maximum absolute atomic E-state index is 4.60. The Morgan fingerprint density at radius 3 is 1.92 bits per heavy atom. The second-order valence-corrected chi connectivity index (χ2v) is 5.00. The van der Waals surface area contributed by atoms with E-state index < -0.39 is 0 Å². The molecule has 0 amide bonds. The van der Waals surface area contributed by atoms with E-state index in [4.69, 9.17) is 0 Å². The fraction of sp³-hybridized carbons (Fsp3) is 0. The molecule has 0 bridgehead atoms. The van der Waals surface area contributed by atoms with Crippen molar-refractivity contribution in [2.24, 2.45) is 0 Å². The lowest BCUT2D eigenvalue weighted by Gasteiger charge is -2.04. The third-order valence-corrected chi connectivity index (χ3v) is 3.39. The monoisotopic (exact) mass is 312 g/mol. The van der Waals surface area contributed by atoms with Gasteiger partial charge in [0.1, 0.15) is 11.4 Å². The standard InChI is InChI=1S/C18H12N6/c1-3-10-19-13(6-1)15-8-5-9-16(22-15)18-23-17(12-21-24-18)14-7-2-4-11-20-14/h1-12H. The van der Waals surface area contributed by atoms with Crippen LogP contribution in [-0.2, 0) is 0 Å². The second-order valence-electron chi connectivity index (χ2n) is 5.00. The molecular formula is C18H12N6. The Morgan fingerprint density at radius 2 is 1.21 bits per heavy atom. The van der Waals surface area contributed by atoms with Crippen molar-refractivity contribution in [3.05, 3.63) is 73.2 Å². The molecule has 0 aromatic carbocycles. The van der Waals surface area contributed by atoms with E-state index in [1.54, 1.807) is 18.6 Å². The number of pyridine rings is 3. The van der Waals surface area contributed by atoms with Crippen LogP contribution in [0.3, 0.4) is 0 Å². The molecule has 4 heterocycles. The SMILES string of the molecule is c1ccc(-c2cccc(-c3nncc(-c4ccccn4)n3)n2)nc1. The Bertz CT molecular complexity index is 876. The Balaban J connectivity index is 1.75. The third-order valence-electron chi connectivity index (χ3n) is 3.39. The van der Waals surface area contributed by atoms with E-state index in [1.807, 2.05) is 54.6 Å². The van der Waals surface area contributed by atoms with E-state index >= 15 is 0 Å². The zero-order chi connectivity index (χ0) is 16.2. The summed E-state index contributed by atoms with van der Waals surface area (Å²) < 4.78 is 0. The fourth-order valence-electron chi connectivity index (χ4n) is 2.27. The highest BCUT2D eigenvalue weighted by Gasteiger charge is 2.09. The second kappa shape index (κ2) is 6.29. The summed E-state index contributed by atoms with van der Waals surface area (Å²) in [6.07, 6.45) is 5.05. The third kappa shape index (κ3) is 2.85. The van der Waals surface area contributed by atoms with Crippen LogP contribution in [0.15, 0.2) is 73.2 Å². The van der Waals surface area contributed by atoms with Crippen LogP contribution >= 0.6 is 0 Å². The molecule has 0 N–H and O–H groups in total. The zero-order valence-corrected chi connectivity index (χ0v) is 12.6. The number of nitrogens with zero attached hydrogens (tertiary/aromatic N) is 6. The van der Waals surface area contributed by atoms with Gasteiger partial charge in [-0.1, -0.05) is 18.2 Å². The average Bonchev–Trinajstić information content (AvgIpc) is 2.70. The van der Waals surface area contributed by atoms with Gasteiger partial charge >= 0.3 is 0 Å². The van der Waals surface area contributed by atoms with E-state index in [9.17, 15) is 0 Å². The molecule has 4 aromatic heterocycles. The summed E-state index contributed by atoms with van der Waals surface area (Å²) in [4.78, 5) is 17.7. The van der Waals surface area contributed by atoms with Gasteiger partial charge in [0.2, 0.25) is 5.82 Å². The van der Waals surface area contributed by atoms with Crippen LogP contribution in [0.4, 0.5) is 0 Å². The van der Waals surface area contributed by atoms with Crippen molar-refractivity contribution in [3.8, 4) is 34.3 Å². The highest BCUT2D eigenvalue weighted by molar-refractivity contribution is 5.61. The molecule has 6 heteroatoms. The first-order valence-corrected chi connectivity index (χ1v) is 7.40. The molecule has 0 radical (unpaired) electrons. The van der Waals surface area contributed by atoms with E-state index in [0.29, 0.717) is 17.2 Å². The van der Waals surface area contributed by atoms with Crippen LogP contribution in [0.5, 0.6) is 0 Å². The Morgan fingerprint density at radius 1 is 0.542 bits per heavy atom. The van der Waals surface area contributed by atoms with Crippen molar-refractivity contribution in [2.75, 3.05) is 0 Å². The van der Waals surface area contributed by atoms with Crippen LogP contribution in [0, 0.1) is 0 Å². The topological polar surface area (TPSA) is 77.3 Å². The molecular weight excluding hydrogens is 300 g/mol. The van der Waals surface area contributed by atoms with E-state index in [0.717, 1.165) is 17.1 Å². The molecule has 0 aliphatic rings. The molecule has 0 saturated carbocycles. The van der Waals surface area contributed by atoms with Crippen LogP contribution in [0.1, 0.15) is 0 Å². The highest BCUT2D eigenvalue weighted by atomic mass is 15.2. The van der Waals surface area contributed by atoms with Crippen LogP contribution in [0.2, 0.25) is 0 Å². The van der Waals surface area contributed by atoms with Gasteiger partial charge in [0.15, 0.2) is 0 Å².